The molecular formula is C18H17N3OS2. The van der Waals surface area contributed by atoms with Gasteiger partial charge < -0.3 is 5.73 Å². The molecule has 0 unspecified atom stereocenters. The van der Waals surface area contributed by atoms with Gasteiger partial charge >= 0.3 is 0 Å². The maximum Gasteiger partial charge on any atom is 0.231 e. The van der Waals surface area contributed by atoms with Crippen molar-refractivity contribution in [1.82, 2.24) is 4.90 Å². The number of nitrogens with zero attached hydrogens (tertiary/aromatic N) is 2. The van der Waals surface area contributed by atoms with Crippen molar-refractivity contribution in [3.63, 3.8) is 0 Å². The van der Waals surface area contributed by atoms with Gasteiger partial charge in [0.25, 0.3) is 0 Å². The summed E-state index contributed by atoms with van der Waals surface area (Å²) in [5.74, 6) is 0.267. The standard InChI is InChI=1S/C18H17N3OS2/c1-18(9-15(22)21(2)17(19)20-18)13-7-11-4-6-24-16(11)14(8-13)12-3-5-23-10-12/h3-8,10H,9H2,1-2H3,(H2,19,20)/t18-/m0/s1. The first kappa shape index (κ1) is 15.4. The maximum absolute atomic E-state index is 12.3. The van der Waals surface area contributed by atoms with Gasteiger partial charge in [-0.3, -0.25) is 9.69 Å². The van der Waals surface area contributed by atoms with Crippen molar-refractivity contribution in [3.8, 4) is 11.1 Å². The zero-order valence-corrected chi connectivity index (χ0v) is 15.1. The molecule has 0 saturated heterocycles. The third kappa shape index (κ3) is 2.34. The van der Waals surface area contributed by atoms with E-state index in [0.29, 0.717) is 6.42 Å². The Labute approximate surface area is 148 Å². The molecule has 0 spiro atoms. The number of nitrogens with two attached hydrogens (primary N) is 1. The van der Waals surface area contributed by atoms with E-state index in [1.54, 1.807) is 29.7 Å². The molecule has 3 aromatic rings. The summed E-state index contributed by atoms with van der Waals surface area (Å²) in [6.45, 7) is 1.98. The van der Waals surface area contributed by atoms with Crippen LogP contribution in [-0.2, 0) is 10.3 Å². The third-order valence-electron chi connectivity index (χ3n) is 4.58. The van der Waals surface area contributed by atoms with Gasteiger partial charge in [0.15, 0.2) is 5.96 Å². The van der Waals surface area contributed by atoms with Gasteiger partial charge in [-0.1, -0.05) is 0 Å². The van der Waals surface area contributed by atoms with Gasteiger partial charge in [-0.2, -0.15) is 11.3 Å². The average molecular weight is 355 g/mol. The molecule has 1 aliphatic rings. The lowest BCUT2D eigenvalue weighted by Gasteiger charge is -2.34. The molecule has 1 atom stereocenters. The van der Waals surface area contributed by atoms with E-state index >= 15 is 0 Å². The van der Waals surface area contributed by atoms with Gasteiger partial charge in [0.2, 0.25) is 5.91 Å². The van der Waals surface area contributed by atoms with E-state index in [4.69, 9.17) is 5.73 Å². The minimum absolute atomic E-state index is 0.00695. The lowest BCUT2D eigenvalue weighted by atomic mass is 9.85. The predicted octanol–water partition coefficient (Wildman–Crippen LogP) is 4.02. The molecule has 4 nitrogen and oxygen atoms in total. The monoisotopic (exact) mass is 355 g/mol. The number of carbonyl (C=O) groups excluding carboxylic acids is 1. The lowest BCUT2D eigenvalue weighted by Crippen LogP contribution is -2.47. The highest BCUT2D eigenvalue weighted by Gasteiger charge is 2.36. The van der Waals surface area contributed by atoms with Crippen molar-refractivity contribution in [2.75, 3.05) is 7.05 Å². The largest absolute Gasteiger partial charge is 0.369 e. The fraction of sp³-hybridized carbons (Fsp3) is 0.222. The summed E-state index contributed by atoms with van der Waals surface area (Å²) >= 11 is 3.42. The number of aliphatic imine (C=N–C) groups is 1. The molecule has 0 bridgehead atoms. The van der Waals surface area contributed by atoms with E-state index < -0.39 is 5.54 Å². The van der Waals surface area contributed by atoms with E-state index in [1.165, 1.54) is 26.1 Å². The molecule has 2 N–H and O–H groups in total. The third-order valence-corrected chi connectivity index (χ3v) is 6.23. The van der Waals surface area contributed by atoms with Crippen molar-refractivity contribution in [3.05, 3.63) is 46.0 Å². The van der Waals surface area contributed by atoms with E-state index in [2.05, 4.69) is 45.4 Å². The van der Waals surface area contributed by atoms with Gasteiger partial charge in [-0.25, -0.2) is 4.99 Å². The van der Waals surface area contributed by atoms with Gasteiger partial charge in [0.05, 0.1) is 12.0 Å². The fourth-order valence-electron chi connectivity index (χ4n) is 3.10. The Balaban J connectivity index is 1.93. The first-order valence-electron chi connectivity index (χ1n) is 7.64. The van der Waals surface area contributed by atoms with Crippen LogP contribution in [0.15, 0.2) is 45.4 Å². The van der Waals surface area contributed by atoms with Crippen LogP contribution < -0.4 is 5.73 Å². The van der Waals surface area contributed by atoms with E-state index in [0.717, 1.165) is 5.56 Å². The molecule has 24 heavy (non-hydrogen) atoms. The van der Waals surface area contributed by atoms with Crippen LogP contribution in [0.5, 0.6) is 0 Å². The molecule has 3 heterocycles. The predicted molar refractivity (Wildman–Crippen MR) is 101 cm³/mol. The minimum Gasteiger partial charge on any atom is -0.369 e. The second kappa shape index (κ2) is 5.43. The normalized spacial score (nSPS) is 21.3. The second-order valence-corrected chi connectivity index (χ2v) is 7.94. The minimum atomic E-state index is -0.630. The molecule has 0 radical (unpaired) electrons. The maximum atomic E-state index is 12.3. The molecule has 4 rings (SSSR count). The van der Waals surface area contributed by atoms with Gasteiger partial charge in [-0.05, 0) is 63.8 Å². The van der Waals surface area contributed by atoms with Gasteiger partial charge in [-0.15, -0.1) is 11.3 Å². The topological polar surface area (TPSA) is 58.7 Å². The van der Waals surface area contributed by atoms with Crippen LogP contribution in [0.1, 0.15) is 18.9 Å². The van der Waals surface area contributed by atoms with Crippen LogP contribution in [0.2, 0.25) is 0 Å². The first-order chi connectivity index (χ1) is 11.5. The average Bonchev–Trinajstić information content (AvgIpc) is 3.22. The van der Waals surface area contributed by atoms with Crippen LogP contribution in [0.25, 0.3) is 21.2 Å². The Kier molecular flexibility index (Phi) is 3.47. The fourth-order valence-corrected chi connectivity index (χ4v) is 4.67. The SMILES string of the molecule is CN1C(=O)C[C@@](C)(c2cc(-c3ccsc3)c3sccc3c2)N=C1N. The Hall–Kier alpha value is -2.18. The Morgan fingerprint density at radius 1 is 1.29 bits per heavy atom. The van der Waals surface area contributed by atoms with Crippen LogP contribution in [0.4, 0.5) is 0 Å². The van der Waals surface area contributed by atoms with E-state index in [-0.39, 0.29) is 11.9 Å². The Morgan fingerprint density at radius 2 is 2.12 bits per heavy atom. The van der Waals surface area contributed by atoms with Crippen LogP contribution >= 0.6 is 22.7 Å². The summed E-state index contributed by atoms with van der Waals surface area (Å²) in [6, 6.07) is 8.54. The molecule has 0 aliphatic carbocycles. The van der Waals surface area contributed by atoms with E-state index in [9.17, 15) is 4.79 Å². The number of benzene rings is 1. The molecule has 122 valence electrons. The zero-order valence-electron chi connectivity index (χ0n) is 13.4. The first-order valence-corrected chi connectivity index (χ1v) is 9.46. The summed E-state index contributed by atoms with van der Waals surface area (Å²) in [5, 5.41) is 7.51. The summed E-state index contributed by atoms with van der Waals surface area (Å²) in [6.07, 6.45) is 0.322. The number of amides is 1. The smallest absolute Gasteiger partial charge is 0.231 e. The van der Waals surface area contributed by atoms with Crippen LogP contribution in [-0.4, -0.2) is 23.8 Å². The zero-order chi connectivity index (χ0) is 16.9. The summed E-state index contributed by atoms with van der Waals surface area (Å²) in [5.41, 5.74) is 8.76. The Morgan fingerprint density at radius 3 is 2.83 bits per heavy atom. The second-order valence-electron chi connectivity index (χ2n) is 6.25. The Bertz CT molecular complexity index is 958. The van der Waals surface area contributed by atoms with Crippen LogP contribution in [0.3, 0.4) is 0 Å². The molecule has 1 amide bonds. The van der Waals surface area contributed by atoms with Crippen molar-refractivity contribution >= 4 is 44.6 Å². The number of carbonyl (C=O) groups is 1. The molecular weight excluding hydrogens is 338 g/mol. The highest BCUT2D eigenvalue weighted by Crippen LogP contribution is 2.40. The van der Waals surface area contributed by atoms with Crippen molar-refractivity contribution in [1.29, 1.82) is 0 Å². The highest BCUT2D eigenvalue weighted by molar-refractivity contribution is 7.17. The molecule has 2 aromatic heterocycles. The lowest BCUT2D eigenvalue weighted by molar-refractivity contribution is -0.128. The molecule has 0 saturated carbocycles. The van der Waals surface area contributed by atoms with Crippen LogP contribution in [0, 0.1) is 0 Å². The number of hydrogen-bond acceptors (Lipinski definition) is 5. The number of thiophene rings is 2. The number of guanidine groups is 1. The van der Waals surface area contributed by atoms with Crippen molar-refractivity contribution < 1.29 is 4.79 Å². The molecule has 1 aromatic carbocycles. The summed E-state index contributed by atoms with van der Waals surface area (Å²) < 4.78 is 1.26. The quantitative estimate of drug-likeness (QED) is 0.755. The van der Waals surface area contributed by atoms with Crippen molar-refractivity contribution in [2.45, 2.75) is 18.9 Å². The van der Waals surface area contributed by atoms with Gasteiger partial charge in [0, 0.05) is 17.3 Å². The van der Waals surface area contributed by atoms with E-state index in [1.807, 2.05) is 6.92 Å². The summed E-state index contributed by atoms with van der Waals surface area (Å²) in [4.78, 5) is 18.3. The number of hydrogen-bond donors (Lipinski definition) is 1. The molecule has 6 heteroatoms. The molecule has 1 aliphatic heterocycles. The van der Waals surface area contributed by atoms with Gasteiger partial charge in [0.1, 0.15) is 0 Å². The molecule has 0 fully saturated rings. The highest BCUT2D eigenvalue weighted by atomic mass is 32.1. The van der Waals surface area contributed by atoms with Crippen molar-refractivity contribution in [2.24, 2.45) is 10.7 Å². The number of rotatable bonds is 2. The summed E-state index contributed by atoms with van der Waals surface area (Å²) in [7, 11) is 1.67. The number of fused-ring (bicyclic) bond motifs is 1.